The highest BCUT2D eigenvalue weighted by atomic mass is 32.1. The first kappa shape index (κ1) is 16.2. The van der Waals surface area contributed by atoms with Crippen LogP contribution in [-0.2, 0) is 17.6 Å². The molecule has 26 heavy (non-hydrogen) atoms. The van der Waals surface area contributed by atoms with Crippen molar-refractivity contribution < 1.29 is 4.79 Å². The van der Waals surface area contributed by atoms with Crippen molar-refractivity contribution in [1.29, 1.82) is 5.26 Å². The number of aromatic nitrogens is 2. The average Bonchev–Trinajstić information content (AvgIpc) is 3.35. The Kier molecular flexibility index (Phi) is 3.75. The first-order valence-corrected chi connectivity index (χ1v) is 10.4. The van der Waals surface area contributed by atoms with Crippen molar-refractivity contribution in [1.82, 2.24) is 9.97 Å². The van der Waals surface area contributed by atoms with Crippen LogP contribution in [0.4, 0.5) is 0 Å². The van der Waals surface area contributed by atoms with Crippen LogP contribution in [0, 0.1) is 29.1 Å². The minimum absolute atomic E-state index is 0.0315. The van der Waals surface area contributed by atoms with Gasteiger partial charge in [-0.25, -0.2) is 4.98 Å². The first-order chi connectivity index (χ1) is 12.7. The number of carbonyl (C=O) groups is 1. The minimum atomic E-state index is -0.949. The second kappa shape index (κ2) is 6.02. The van der Waals surface area contributed by atoms with Gasteiger partial charge in [-0.3, -0.25) is 9.59 Å². The molecule has 6 heteroatoms. The number of rotatable bonds is 3. The topological polar surface area (TPSA) is 86.6 Å². The highest BCUT2D eigenvalue weighted by Gasteiger charge is 2.45. The van der Waals surface area contributed by atoms with Gasteiger partial charge in [0.1, 0.15) is 10.7 Å². The first-order valence-electron chi connectivity index (χ1n) is 9.63. The highest BCUT2D eigenvalue weighted by Crippen LogP contribution is 2.49. The van der Waals surface area contributed by atoms with E-state index >= 15 is 0 Å². The molecule has 3 aliphatic rings. The summed E-state index contributed by atoms with van der Waals surface area (Å²) in [6.45, 7) is 0. The van der Waals surface area contributed by atoms with Crippen molar-refractivity contribution in [2.24, 2.45) is 17.8 Å². The number of ketones is 1. The molecule has 3 aliphatic carbocycles. The molecule has 0 spiro atoms. The number of aromatic amines is 1. The standard InChI is InChI=1S/C20H21N3O2S/c21-9-14(17(24)13-8-10-5-6-11(13)7-10)18-22-19(25)16-12-3-1-2-4-15(12)26-20(16)23-18/h10-11,13-14H,1-8H2,(H,22,23,25). The van der Waals surface area contributed by atoms with Crippen molar-refractivity contribution in [3.05, 3.63) is 26.6 Å². The number of Topliss-reactive ketones (excluding diaryl/α,β-unsaturated/α-hetero) is 1. The predicted octanol–water partition coefficient (Wildman–Crippen LogP) is 3.48. The van der Waals surface area contributed by atoms with Crippen LogP contribution < -0.4 is 5.56 Å². The van der Waals surface area contributed by atoms with Crippen LogP contribution in [-0.4, -0.2) is 15.8 Å². The molecule has 2 saturated carbocycles. The molecule has 5 rings (SSSR count). The molecular formula is C20H21N3O2S. The van der Waals surface area contributed by atoms with Crippen LogP contribution in [0.15, 0.2) is 4.79 Å². The molecular weight excluding hydrogens is 346 g/mol. The molecule has 2 bridgehead atoms. The van der Waals surface area contributed by atoms with Crippen LogP contribution in [0.3, 0.4) is 0 Å². The normalized spacial score (nSPS) is 28.0. The van der Waals surface area contributed by atoms with Gasteiger partial charge in [-0.1, -0.05) is 6.42 Å². The number of H-pyrrole nitrogens is 1. The molecule has 4 unspecified atom stereocenters. The monoisotopic (exact) mass is 367 g/mol. The third-order valence-corrected chi connectivity index (χ3v) is 7.82. The number of aryl methyl sites for hydroxylation is 2. The van der Waals surface area contributed by atoms with E-state index in [1.807, 2.05) is 0 Å². The smallest absolute Gasteiger partial charge is 0.259 e. The van der Waals surface area contributed by atoms with Crippen molar-refractivity contribution in [3.63, 3.8) is 0 Å². The predicted molar refractivity (Wildman–Crippen MR) is 99.2 cm³/mol. The van der Waals surface area contributed by atoms with Crippen LogP contribution in [0.25, 0.3) is 10.2 Å². The molecule has 0 aromatic carbocycles. The summed E-state index contributed by atoms with van der Waals surface area (Å²) in [4.78, 5) is 35.0. The van der Waals surface area contributed by atoms with E-state index in [4.69, 9.17) is 0 Å². The lowest BCUT2D eigenvalue weighted by atomic mass is 9.81. The van der Waals surface area contributed by atoms with Gasteiger partial charge < -0.3 is 4.98 Å². The molecule has 2 fully saturated rings. The molecule has 0 aliphatic heterocycles. The lowest BCUT2D eigenvalue weighted by Gasteiger charge is -2.22. The zero-order valence-electron chi connectivity index (χ0n) is 14.6. The number of thiophene rings is 1. The molecule has 2 aromatic heterocycles. The Labute approximate surface area is 155 Å². The number of nitrogens with zero attached hydrogens (tertiary/aromatic N) is 2. The van der Waals surface area contributed by atoms with E-state index < -0.39 is 5.92 Å². The van der Waals surface area contributed by atoms with E-state index in [-0.39, 0.29) is 23.1 Å². The molecule has 134 valence electrons. The van der Waals surface area contributed by atoms with Crippen molar-refractivity contribution >= 4 is 27.3 Å². The number of nitrogens with one attached hydrogen (secondary N) is 1. The molecule has 0 radical (unpaired) electrons. The summed E-state index contributed by atoms with van der Waals surface area (Å²) in [7, 11) is 0. The largest absolute Gasteiger partial charge is 0.308 e. The summed E-state index contributed by atoms with van der Waals surface area (Å²) in [5.41, 5.74) is 0.940. The molecule has 5 nitrogen and oxygen atoms in total. The number of hydrogen-bond donors (Lipinski definition) is 1. The molecule has 2 heterocycles. The quantitative estimate of drug-likeness (QED) is 0.900. The maximum absolute atomic E-state index is 13.0. The second-order valence-electron chi connectivity index (χ2n) is 8.09. The molecule has 0 amide bonds. The van der Waals surface area contributed by atoms with Crippen molar-refractivity contribution in [2.75, 3.05) is 0 Å². The van der Waals surface area contributed by atoms with Gasteiger partial charge in [-0.15, -0.1) is 11.3 Å². The Morgan fingerprint density at radius 1 is 1.27 bits per heavy atom. The van der Waals surface area contributed by atoms with Gasteiger partial charge in [-0.05, 0) is 62.3 Å². The summed E-state index contributed by atoms with van der Waals surface area (Å²) in [6, 6.07) is 2.13. The lowest BCUT2D eigenvalue weighted by Crippen LogP contribution is -2.28. The third-order valence-electron chi connectivity index (χ3n) is 6.63. The van der Waals surface area contributed by atoms with E-state index in [0.29, 0.717) is 22.1 Å². The Hall–Kier alpha value is -2.00. The summed E-state index contributed by atoms with van der Waals surface area (Å²) >= 11 is 1.56. The van der Waals surface area contributed by atoms with Crippen LogP contribution in [0.2, 0.25) is 0 Å². The maximum atomic E-state index is 13.0. The van der Waals surface area contributed by atoms with E-state index in [0.717, 1.165) is 50.5 Å². The number of fused-ring (bicyclic) bond motifs is 5. The van der Waals surface area contributed by atoms with Crippen molar-refractivity contribution in [3.8, 4) is 6.07 Å². The van der Waals surface area contributed by atoms with Gasteiger partial charge in [0.15, 0.2) is 11.7 Å². The Morgan fingerprint density at radius 3 is 2.85 bits per heavy atom. The summed E-state index contributed by atoms with van der Waals surface area (Å²) < 4.78 is 0. The fraction of sp³-hybridized carbons (Fsp3) is 0.600. The minimum Gasteiger partial charge on any atom is -0.308 e. The molecule has 2 aromatic rings. The molecule has 0 saturated heterocycles. The van der Waals surface area contributed by atoms with Crippen LogP contribution >= 0.6 is 11.3 Å². The Balaban J connectivity index is 1.54. The van der Waals surface area contributed by atoms with E-state index in [9.17, 15) is 14.9 Å². The van der Waals surface area contributed by atoms with Gasteiger partial charge in [0.05, 0.1) is 11.5 Å². The fourth-order valence-corrected chi connectivity index (χ4v) is 6.65. The number of hydrogen-bond acceptors (Lipinski definition) is 5. The van der Waals surface area contributed by atoms with Crippen molar-refractivity contribution in [2.45, 2.75) is 57.3 Å². The molecule has 1 N–H and O–H groups in total. The van der Waals surface area contributed by atoms with E-state index in [2.05, 4.69) is 16.0 Å². The average molecular weight is 367 g/mol. The van der Waals surface area contributed by atoms with Gasteiger partial charge >= 0.3 is 0 Å². The second-order valence-corrected chi connectivity index (χ2v) is 9.17. The number of nitriles is 1. The molecule has 4 atom stereocenters. The SMILES string of the molecule is N#CC(C(=O)C1CC2CCC1C2)c1nc2sc3c(c2c(=O)[nH]1)CCCC3. The zero-order chi connectivity index (χ0) is 17.8. The fourth-order valence-electron chi connectivity index (χ4n) is 5.38. The lowest BCUT2D eigenvalue weighted by molar-refractivity contribution is -0.124. The van der Waals surface area contributed by atoms with Crippen LogP contribution in [0.1, 0.15) is 60.7 Å². The summed E-state index contributed by atoms with van der Waals surface area (Å²) in [5, 5.41) is 10.4. The van der Waals surface area contributed by atoms with E-state index in [1.54, 1.807) is 11.3 Å². The Bertz CT molecular complexity index is 999. The van der Waals surface area contributed by atoms with E-state index in [1.165, 1.54) is 11.3 Å². The van der Waals surface area contributed by atoms with Gasteiger partial charge in [0, 0.05) is 10.8 Å². The summed E-state index contributed by atoms with van der Waals surface area (Å²) in [5.74, 6) is 0.297. The summed E-state index contributed by atoms with van der Waals surface area (Å²) in [6.07, 6.45) is 8.50. The van der Waals surface area contributed by atoms with Gasteiger partial charge in [0.25, 0.3) is 5.56 Å². The third kappa shape index (κ3) is 2.37. The maximum Gasteiger partial charge on any atom is 0.259 e. The zero-order valence-corrected chi connectivity index (χ0v) is 15.4. The highest BCUT2D eigenvalue weighted by molar-refractivity contribution is 7.18. The number of carbonyl (C=O) groups excluding carboxylic acids is 1. The van der Waals surface area contributed by atoms with Crippen LogP contribution in [0.5, 0.6) is 0 Å². The van der Waals surface area contributed by atoms with Gasteiger partial charge in [0.2, 0.25) is 0 Å². The Morgan fingerprint density at radius 2 is 2.12 bits per heavy atom. The van der Waals surface area contributed by atoms with Gasteiger partial charge in [-0.2, -0.15) is 5.26 Å².